The number of nitrogens with zero attached hydrogens (tertiary/aromatic N) is 1. The predicted octanol–water partition coefficient (Wildman–Crippen LogP) is 12.5. The molecule has 0 saturated carbocycles. The maximum atomic E-state index is 6.13. The van der Waals surface area contributed by atoms with Gasteiger partial charge < -0.3 is 19.3 Å². The first-order chi connectivity index (χ1) is 23.8. The molecule has 1 aliphatic rings. The summed E-state index contributed by atoms with van der Waals surface area (Å²) in [7, 11) is 0. The highest BCUT2D eigenvalue weighted by atomic mass is 16.5. The Labute approximate surface area is 302 Å². The second kappa shape index (κ2) is 37.6. The van der Waals surface area contributed by atoms with Crippen molar-refractivity contribution in [1.82, 2.24) is 5.32 Å². The Morgan fingerprint density at radius 1 is 0.396 bits per heavy atom. The van der Waals surface area contributed by atoms with Crippen LogP contribution in [-0.4, -0.2) is 70.2 Å². The molecular weight excluding hydrogens is 588 g/mol. The van der Waals surface area contributed by atoms with Gasteiger partial charge in [0.1, 0.15) is 13.1 Å². The number of unbranched alkanes of at least 4 members (excludes halogenated alkanes) is 24. The number of allylic oxidation sites excluding steroid dienone is 4. The highest BCUT2D eigenvalue weighted by Gasteiger charge is 2.29. The van der Waals surface area contributed by atoms with Crippen LogP contribution in [0.1, 0.15) is 194 Å². The Kier molecular flexibility index (Phi) is 35.5. The standard InChI is InChI=1S/C44H87N2O2/c1-3-5-7-9-11-13-15-17-19-21-23-25-27-29-31-33-41-47-43-39-46(37-35-45-36-38-46)40-44-48-42-34-32-30-28-26-24-22-20-18-16-14-12-10-8-6-4-2/h17-20,45H,3-16,21-44H2,1-2H3/q+1. The topological polar surface area (TPSA) is 30.5 Å². The van der Waals surface area contributed by atoms with Gasteiger partial charge in [-0.15, -0.1) is 0 Å². The van der Waals surface area contributed by atoms with Crippen molar-refractivity contribution in [3.63, 3.8) is 0 Å². The molecule has 1 aliphatic heterocycles. The summed E-state index contributed by atoms with van der Waals surface area (Å²) in [4.78, 5) is 0. The molecule has 1 saturated heterocycles. The van der Waals surface area contributed by atoms with Gasteiger partial charge in [-0.05, 0) is 64.2 Å². The maximum absolute atomic E-state index is 6.13. The molecule has 0 amide bonds. The van der Waals surface area contributed by atoms with E-state index >= 15 is 0 Å². The first-order valence-corrected chi connectivity index (χ1v) is 21.8. The summed E-state index contributed by atoms with van der Waals surface area (Å²) < 4.78 is 13.4. The Hall–Kier alpha value is -0.680. The third-order valence-electron chi connectivity index (χ3n) is 10.5. The Morgan fingerprint density at radius 2 is 0.708 bits per heavy atom. The van der Waals surface area contributed by atoms with Crippen LogP contribution in [0.4, 0.5) is 0 Å². The molecule has 0 aromatic carbocycles. The highest BCUT2D eigenvalue weighted by Crippen LogP contribution is 2.13. The van der Waals surface area contributed by atoms with Crippen molar-refractivity contribution < 1.29 is 14.0 Å². The molecule has 284 valence electrons. The lowest BCUT2D eigenvalue weighted by Crippen LogP contribution is -2.61. The Morgan fingerprint density at radius 3 is 1.06 bits per heavy atom. The van der Waals surface area contributed by atoms with E-state index in [4.69, 9.17) is 9.47 Å². The van der Waals surface area contributed by atoms with E-state index < -0.39 is 0 Å². The fourth-order valence-electron chi connectivity index (χ4n) is 7.05. The second-order valence-corrected chi connectivity index (χ2v) is 15.1. The average Bonchev–Trinajstić information content (AvgIpc) is 3.10. The van der Waals surface area contributed by atoms with Crippen molar-refractivity contribution in [2.24, 2.45) is 0 Å². The minimum Gasteiger partial charge on any atom is -0.376 e. The zero-order valence-corrected chi connectivity index (χ0v) is 32.9. The molecule has 0 atom stereocenters. The number of nitrogens with one attached hydrogen (secondary N) is 1. The summed E-state index contributed by atoms with van der Waals surface area (Å²) in [5, 5.41) is 3.56. The van der Waals surface area contributed by atoms with Gasteiger partial charge in [0.15, 0.2) is 0 Å². The van der Waals surface area contributed by atoms with E-state index in [0.29, 0.717) is 0 Å². The molecule has 0 aliphatic carbocycles. The largest absolute Gasteiger partial charge is 0.376 e. The van der Waals surface area contributed by atoms with Crippen molar-refractivity contribution >= 4 is 0 Å². The molecule has 1 rings (SSSR count). The van der Waals surface area contributed by atoms with E-state index in [2.05, 4.69) is 43.5 Å². The fourth-order valence-corrected chi connectivity index (χ4v) is 7.05. The smallest absolute Gasteiger partial charge is 0.103 e. The van der Waals surface area contributed by atoms with Gasteiger partial charge in [-0.25, -0.2) is 0 Å². The van der Waals surface area contributed by atoms with E-state index in [0.717, 1.165) is 52.6 Å². The predicted molar refractivity (Wildman–Crippen MR) is 213 cm³/mol. The van der Waals surface area contributed by atoms with Crippen LogP contribution >= 0.6 is 0 Å². The lowest BCUT2D eigenvalue weighted by Gasteiger charge is -2.41. The number of quaternary nitrogens is 1. The van der Waals surface area contributed by atoms with Crippen LogP contribution in [0.5, 0.6) is 0 Å². The third-order valence-corrected chi connectivity index (χ3v) is 10.5. The first-order valence-electron chi connectivity index (χ1n) is 21.8. The van der Waals surface area contributed by atoms with Crippen LogP contribution in [0.2, 0.25) is 0 Å². The number of piperazine rings is 1. The summed E-state index contributed by atoms with van der Waals surface area (Å²) in [6.07, 6.45) is 47.8. The Balaban J connectivity index is 1.90. The minimum atomic E-state index is 0.903. The summed E-state index contributed by atoms with van der Waals surface area (Å²) in [5.41, 5.74) is 0. The van der Waals surface area contributed by atoms with Crippen molar-refractivity contribution in [3.8, 4) is 0 Å². The second-order valence-electron chi connectivity index (χ2n) is 15.1. The third kappa shape index (κ3) is 31.3. The van der Waals surface area contributed by atoms with Crippen molar-refractivity contribution in [2.45, 2.75) is 194 Å². The zero-order chi connectivity index (χ0) is 34.3. The van der Waals surface area contributed by atoms with Crippen LogP contribution in [-0.2, 0) is 9.47 Å². The lowest BCUT2D eigenvalue weighted by atomic mass is 10.1. The SMILES string of the molecule is CCCCCCCCC=CCCCCCCCCOCC[N+]1(CCOCCCCCCCCC=CCCCCCCCC)CCNCC1. The molecule has 0 aromatic heterocycles. The van der Waals surface area contributed by atoms with Gasteiger partial charge >= 0.3 is 0 Å². The van der Waals surface area contributed by atoms with Gasteiger partial charge in [0.05, 0.1) is 26.3 Å². The van der Waals surface area contributed by atoms with Crippen LogP contribution in [0.15, 0.2) is 24.3 Å². The summed E-state index contributed by atoms with van der Waals surface area (Å²) in [6.45, 7) is 15.2. The molecule has 4 nitrogen and oxygen atoms in total. The molecule has 48 heavy (non-hydrogen) atoms. The summed E-state index contributed by atoms with van der Waals surface area (Å²) >= 11 is 0. The van der Waals surface area contributed by atoms with Crippen molar-refractivity contribution in [1.29, 1.82) is 0 Å². The van der Waals surface area contributed by atoms with E-state index in [1.165, 1.54) is 197 Å². The quantitative estimate of drug-likeness (QED) is 0.0401. The number of hydrogen-bond acceptors (Lipinski definition) is 3. The molecule has 1 fully saturated rings. The van der Waals surface area contributed by atoms with Gasteiger partial charge in [0, 0.05) is 26.3 Å². The number of rotatable bonds is 38. The monoisotopic (exact) mass is 676 g/mol. The van der Waals surface area contributed by atoms with E-state index in [9.17, 15) is 0 Å². The normalized spacial score (nSPS) is 15.0. The molecule has 0 aromatic rings. The molecule has 0 bridgehead atoms. The number of ether oxygens (including phenoxy) is 2. The van der Waals surface area contributed by atoms with Crippen molar-refractivity contribution in [2.75, 3.05) is 65.7 Å². The van der Waals surface area contributed by atoms with Gasteiger partial charge in [-0.3, -0.25) is 0 Å². The first kappa shape index (κ1) is 45.3. The summed E-state index contributed by atoms with van der Waals surface area (Å²) in [6, 6.07) is 0. The Bertz CT molecular complexity index is 623. The molecule has 1 N–H and O–H groups in total. The van der Waals surface area contributed by atoms with Crippen molar-refractivity contribution in [3.05, 3.63) is 24.3 Å². The lowest BCUT2D eigenvalue weighted by molar-refractivity contribution is -0.930. The average molecular weight is 676 g/mol. The van der Waals surface area contributed by atoms with Gasteiger partial charge in [-0.2, -0.15) is 0 Å². The number of hydrogen-bond donors (Lipinski definition) is 1. The van der Waals surface area contributed by atoms with Crippen LogP contribution in [0.3, 0.4) is 0 Å². The fraction of sp³-hybridized carbons (Fsp3) is 0.909. The van der Waals surface area contributed by atoms with Gasteiger partial charge in [0.25, 0.3) is 0 Å². The van der Waals surface area contributed by atoms with E-state index in [-0.39, 0.29) is 0 Å². The van der Waals surface area contributed by atoms with Crippen LogP contribution in [0.25, 0.3) is 0 Å². The molecule has 0 radical (unpaired) electrons. The molecular formula is C44H87N2O2+. The summed E-state index contributed by atoms with van der Waals surface area (Å²) in [5.74, 6) is 0. The molecule has 0 spiro atoms. The van der Waals surface area contributed by atoms with Gasteiger partial charge in [-0.1, -0.05) is 154 Å². The van der Waals surface area contributed by atoms with Crippen LogP contribution < -0.4 is 5.32 Å². The highest BCUT2D eigenvalue weighted by molar-refractivity contribution is 4.82. The van der Waals surface area contributed by atoms with E-state index in [1.807, 2.05) is 0 Å². The maximum Gasteiger partial charge on any atom is 0.103 e. The zero-order valence-electron chi connectivity index (χ0n) is 32.9. The van der Waals surface area contributed by atoms with E-state index in [1.54, 1.807) is 0 Å². The molecule has 1 heterocycles. The van der Waals surface area contributed by atoms with Gasteiger partial charge in [0.2, 0.25) is 0 Å². The minimum absolute atomic E-state index is 0.903. The molecule has 0 unspecified atom stereocenters. The van der Waals surface area contributed by atoms with Crippen LogP contribution in [0, 0.1) is 0 Å². The molecule has 4 heteroatoms.